The molecule has 0 aliphatic heterocycles. The molecule has 12 rings (SSSR count). The molecule has 0 spiro atoms. The number of thiophene rings is 1. The Hall–Kier alpha value is -7.55. The van der Waals surface area contributed by atoms with Crippen molar-refractivity contribution in [3.8, 4) is 56.8 Å². The molecular weight excluding hydrogens is 723 g/mol. The van der Waals surface area contributed by atoms with Crippen molar-refractivity contribution in [3.05, 3.63) is 164 Å². The number of nitrogens with zero attached hydrogens (tertiary/aromatic N) is 5. The lowest BCUT2D eigenvalue weighted by molar-refractivity contribution is 0.667. The van der Waals surface area contributed by atoms with Crippen LogP contribution in [0, 0.1) is 0 Å². The van der Waals surface area contributed by atoms with Crippen LogP contribution in [0.4, 0.5) is 0 Å². The standard InChI is InChI=1S/C49H27N5O2S/c1-3-13-28(14-4-1)42-44-43(34-18-8-10-23-38(34)56-44)51-49(50-42)36-21-11-19-32-31-26-25-30(27-40(31)57-45(32)36)47-52-46(29-15-5-2-6-16-29)53-48(54-47)35-20-12-24-39-41(35)33-17-7-9-22-37(33)55-39/h1-27H. The van der Waals surface area contributed by atoms with Crippen molar-refractivity contribution >= 4 is 75.5 Å². The Balaban J connectivity index is 1.04. The summed E-state index contributed by atoms with van der Waals surface area (Å²) in [5, 5.41) is 5.25. The van der Waals surface area contributed by atoms with E-state index in [1.54, 1.807) is 11.3 Å². The predicted octanol–water partition coefficient (Wildman–Crippen LogP) is 13.2. The molecule has 0 N–H and O–H groups in total. The maximum absolute atomic E-state index is 6.39. The highest BCUT2D eigenvalue weighted by Crippen LogP contribution is 2.43. The molecule has 5 heterocycles. The first-order valence-electron chi connectivity index (χ1n) is 18.7. The van der Waals surface area contributed by atoms with Crippen LogP contribution in [0.3, 0.4) is 0 Å². The molecule has 5 aromatic heterocycles. The molecule has 7 nitrogen and oxygen atoms in total. The van der Waals surface area contributed by atoms with Crippen molar-refractivity contribution in [3.63, 3.8) is 0 Å². The molecule has 0 amide bonds. The van der Waals surface area contributed by atoms with Crippen molar-refractivity contribution < 1.29 is 8.83 Å². The van der Waals surface area contributed by atoms with Crippen LogP contribution in [0.25, 0.3) is 121 Å². The summed E-state index contributed by atoms with van der Waals surface area (Å²) in [7, 11) is 0. The second-order valence-corrected chi connectivity index (χ2v) is 15.0. The predicted molar refractivity (Wildman–Crippen MR) is 230 cm³/mol. The first-order valence-corrected chi connectivity index (χ1v) is 19.5. The number of hydrogen-bond donors (Lipinski definition) is 0. The number of fused-ring (bicyclic) bond motifs is 9. The minimum absolute atomic E-state index is 0.586. The van der Waals surface area contributed by atoms with Gasteiger partial charge in [0.15, 0.2) is 28.9 Å². The Morgan fingerprint density at radius 1 is 0.386 bits per heavy atom. The molecular formula is C49H27N5O2S. The van der Waals surface area contributed by atoms with Gasteiger partial charge in [-0.05, 0) is 36.4 Å². The van der Waals surface area contributed by atoms with E-state index >= 15 is 0 Å². The number of rotatable bonds is 5. The molecule has 0 aliphatic rings. The van der Waals surface area contributed by atoms with Gasteiger partial charge in [-0.1, -0.05) is 127 Å². The molecule has 57 heavy (non-hydrogen) atoms. The van der Waals surface area contributed by atoms with Crippen LogP contribution in [0.15, 0.2) is 173 Å². The van der Waals surface area contributed by atoms with Crippen LogP contribution in [-0.2, 0) is 0 Å². The maximum atomic E-state index is 6.39. The van der Waals surface area contributed by atoms with Gasteiger partial charge < -0.3 is 8.83 Å². The maximum Gasteiger partial charge on any atom is 0.180 e. The lowest BCUT2D eigenvalue weighted by atomic mass is 10.0. The van der Waals surface area contributed by atoms with Gasteiger partial charge in [0.05, 0.1) is 0 Å². The lowest BCUT2D eigenvalue weighted by Crippen LogP contribution is -2.00. The highest BCUT2D eigenvalue weighted by molar-refractivity contribution is 7.26. The van der Waals surface area contributed by atoms with Gasteiger partial charge in [0.2, 0.25) is 0 Å². The fourth-order valence-electron chi connectivity index (χ4n) is 7.92. The molecule has 0 radical (unpaired) electrons. The zero-order chi connectivity index (χ0) is 37.5. The molecule has 8 heteroatoms. The van der Waals surface area contributed by atoms with Crippen LogP contribution in [-0.4, -0.2) is 24.9 Å². The summed E-state index contributed by atoms with van der Waals surface area (Å²) in [6, 6.07) is 55.3. The van der Waals surface area contributed by atoms with Gasteiger partial charge in [0.1, 0.15) is 28.0 Å². The molecule has 266 valence electrons. The topological polar surface area (TPSA) is 90.7 Å². The van der Waals surface area contributed by atoms with E-state index < -0.39 is 0 Å². The van der Waals surface area contributed by atoms with E-state index in [0.717, 1.165) is 92.1 Å². The van der Waals surface area contributed by atoms with Crippen molar-refractivity contribution in [2.75, 3.05) is 0 Å². The number of benzene rings is 7. The number of hydrogen-bond acceptors (Lipinski definition) is 8. The van der Waals surface area contributed by atoms with Gasteiger partial charge in [0.25, 0.3) is 0 Å². The van der Waals surface area contributed by atoms with E-state index in [4.69, 9.17) is 33.8 Å². The summed E-state index contributed by atoms with van der Waals surface area (Å²) in [6.07, 6.45) is 0. The monoisotopic (exact) mass is 749 g/mol. The summed E-state index contributed by atoms with van der Waals surface area (Å²) >= 11 is 1.72. The molecule has 12 aromatic rings. The van der Waals surface area contributed by atoms with Crippen molar-refractivity contribution in [2.45, 2.75) is 0 Å². The van der Waals surface area contributed by atoms with Crippen LogP contribution in [0.1, 0.15) is 0 Å². The summed E-state index contributed by atoms with van der Waals surface area (Å²) in [5.74, 6) is 2.44. The average molecular weight is 750 g/mol. The molecule has 0 bridgehead atoms. The van der Waals surface area contributed by atoms with Gasteiger partial charge in [-0.15, -0.1) is 11.3 Å². The highest BCUT2D eigenvalue weighted by atomic mass is 32.1. The summed E-state index contributed by atoms with van der Waals surface area (Å²) in [4.78, 5) is 25.7. The third-order valence-electron chi connectivity index (χ3n) is 10.6. The normalized spacial score (nSPS) is 11.9. The zero-order valence-electron chi connectivity index (χ0n) is 30.0. The fourth-order valence-corrected chi connectivity index (χ4v) is 9.17. The average Bonchev–Trinajstić information content (AvgIpc) is 3.97. The van der Waals surface area contributed by atoms with E-state index in [1.807, 2.05) is 97.1 Å². The molecule has 0 atom stereocenters. The van der Waals surface area contributed by atoms with Crippen molar-refractivity contribution in [2.24, 2.45) is 0 Å². The zero-order valence-corrected chi connectivity index (χ0v) is 30.9. The Morgan fingerprint density at radius 3 is 1.82 bits per heavy atom. The molecule has 0 fully saturated rings. The number of furan rings is 2. The largest absolute Gasteiger partial charge is 0.456 e. The van der Waals surface area contributed by atoms with Crippen LogP contribution in [0.5, 0.6) is 0 Å². The quantitative estimate of drug-likeness (QED) is 0.173. The van der Waals surface area contributed by atoms with Gasteiger partial charge in [-0.2, -0.15) is 0 Å². The van der Waals surface area contributed by atoms with Gasteiger partial charge >= 0.3 is 0 Å². The van der Waals surface area contributed by atoms with Gasteiger partial charge in [-0.3, -0.25) is 0 Å². The van der Waals surface area contributed by atoms with Gasteiger partial charge in [0, 0.05) is 64.1 Å². The van der Waals surface area contributed by atoms with Crippen molar-refractivity contribution in [1.82, 2.24) is 24.9 Å². The first-order chi connectivity index (χ1) is 28.2. The fraction of sp³-hybridized carbons (Fsp3) is 0. The summed E-state index contributed by atoms with van der Waals surface area (Å²) in [5.41, 5.74) is 9.30. The van der Waals surface area contributed by atoms with E-state index in [-0.39, 0.29) is 0 Å². The highest BCUT2D eigenvalue weighted by Gasteiger charge is 2.22. The number of aromatic nitrogens is 5. The van der Waals surface area contributed by atoms with E-state index in [2.05, 4.69) is 66.7 Å². The second kappa shape index (κ2) is 12.5. The van der Waals surface area contributed by atoms with Crippen LogP contribution >= 0.6 is 11.3 Å². The second-order valence-electron chi connectivity index (χ2n) is 14.0. The van der Waals surface area contributed by atoms with E-state index in [0.29, 0.717) is 28.9 Å². The molecule has 0 unspecified atom stereocenters. The van der Waals surface area contributed by atoms with E-state index in [1.165, 1.54) is 0 Å². The molecule has 7 aromatic carbocycles. The minimum atomic E-state index is 0.586. The lowest BCUT2D eigenvalue weighted by Gasteiger charge is -2.09. The number of para-hydroxylation sites is 2. The Labute approximate surface area is 328 Å². The van der Waals surface area contributed by atoms with Crippen LogP contribution < -0.4 is 0 Å². The molecule has 0 saturated carbocycles. The first kappa shape index (κ1) is 31.8. The van der Waals surface area contributed by atoms with Crippen molar-refractivity contribution in [1.29, 1.82) is 0 Å². The summed E-state index contributed by atoms with van der Waals surface area (Å²) < 4.78 is 14.8. The summed E-state index contributed by atoms with van der Waals surface area (Å²) in [6.45, 7) is 0. The van der Waals surface area contributed by atoms with Gasteiger partial charge in [-0.25, -0.2) is 24.9 Å². The SMILES string of the molecule is c1ccc(-c2nc(-c3ccc4c(c3)sc3c(-c5nc(-c6ccccc6)c6oc7ccccc7c6n5)cccc34)nc(-c3cccc4oc5ccccc5c34)n2)cc1. The Kier molecular flexibility index (Phi) is 6.96. The molecule has 0 aliphatic carbocycles. The smallest absolute Gasteiger partial charge is 0.180 e. The van der Waals surface area contributed by atoms with E-state index in [9.17, 15) is 0 Å². The van der Waals surface area contributed by atoms with Crippen LogP contribution in [0.2, 0.25) is 0 Å². The third-order valence-corrected chi connectivity index (χ3v) is 11.8. The molecule has 0 saturated heterocycles. The third kappa shape index (κ3) is 5.08. The Morgan fingerprint density at radius 2 is 1.00 bits per heavy atom. The Bertz CT molecular complexity index is 3540. The minimum Gasteiger partial charge on any atom is -0.456 e.